The van der Waals surface area contributed by atoms with Gasteiger partial charge in [-0.05, 0) is 24.8 Å². The molecule has 2 fully saturated rings. The average Bonchev–Trinajstić information content (AvgIpc) is 2.46. The first-order valence-electron chi connectivity index (χ1n) is 7.37. The normalized spacial score (nSPS) is 19.6. The molecule has 1 N–H and O–H groups in total. The van der Waals surface area contributed by atoms with Crippen LogP contribution in [0.15, 0.2) is 18.5 Å². The summed E-state index contributed by atoms with van der Waals surface area (Å²) in [6, 6.07) is 1.89. The number of nitrogens with one attached hydrogen (secondary N) is 1. The van der Waals surface area contributed by atoms with Gasteiger partial charge in [-0.1, -0.05) is 6.42 Å². The fourth-order valence-corrected chi connectivity index (χ4v) is 2.60. The van der Waals surface area contributed by atoms with E-state index in [2.05, 4.69) is 20.2 Å². The second-order valence-corrected chi connectivity index (χ2v) is 5.51. The number of piperazine rings is 1. The van der Waals surface area contributed by atoms with Gasteiger partial charge < -0.3 is 15.1 Å². The summed E-state index contributed by atoms with van der Waals surface area (Å²) in [5.74, 6) is 1.46. The predicted molar refractivity (Wildman–Crippen MR) is 76.6 cm³/mol. The zero-order chi connectivity index (χ0) is 13.8. The molecule has 0 radical (unpaired) electrons. The lowest BCUT2D eigenvalue weighted by molar-refractivity contribution is 0.188. The van der Waals surface area contributed by atoms with E-state index in [9.17, 15) is 4.79 Å². The van der Waals surface area contributed by atoms with Crippen LogP contribution in [0, 0.1) is 5.92 Å². The van der Waals surface area contributed by atoms with Crippen LogP contribution in [0.3, 0.4) is 0 Å². The molecule has 2 amide bonds. The summed E-state index contributed by atoms with van der Waals surface area (Å²) in [5, 5.41) is 3.05. The van der Waals surface area contributed by atoms with Gasteiger partial charge in [-0.15, -0.1) is 0 Å². The summed E-state index contributed by atoms with van der Waals surface area (Å²) in [5.41, 5.74) is 0. The standard InChI is InChI=1S/C14H21N5O/c20-14(17-11-12-3-1-4-12)19-9-7-18(8-10-19)13-15-5-2-6-16-13/h2,5-6,12H,1,3-4,7-11H2,(H,17,20). The van der Waals surface area contributed by atoms with E-state index < -0.39 is 0 Å². The Hall–Kier alpha value is -1.85. The van der Waals surface area contributed by atoms with Crippen molar-refractivity contribution in [1.82, 2.24) is 20.2 Å². The largest absolute Gasteiger partial charge is 0.338 e. The minimum Gasteiger partial charge on any atom is -0.338 e. The van der Waals surface area contributed by atoms with Gasteiger partial charge in [-0.25, -0.2) is 14.8 Å². The van der Waals surface area contributed by atoms with Gasteiger partial charge in [-0.2, -0.15) is 0 Å². The van der Waals surface area contributed by atoms with Crippen LogP contribution >= 0.6 is 0 Å². The van der Waals surface area contributed by atoms with E-state index in [1.807, 2.05) is 11.0 Å². The molecule has 108 valence electrons. The summed E-state index contributed by atoms with van der Waals surface area (Å²) >= 11 is 0. The molecule has 2 aliphatic rings. The molecule has 1 saturated carbocycles. The number of hydrogen-bond acceptors (Lipinski definition) is 4. The summed E-state index contributed by atoms with van der Waals surface area (Å²) in [4.78, 5) is 24.6. The third kappa shape index (κ3) is 3.00. The number of hydrogen-bond donors (Lipinski definition) is 1. The Bertz CT molecular complexity index is 440. The monoisotopic (exact) mass is 275 g/mol. The summed E-state index contributed by atoms with van der Waals surface area (Å²) in [6.45, 7) is 3.88. The molecule has 1 saturated heterocycles. The molecule has 3 rings (SSSR count). The molecule has 0 unspecified atom stereocenters. The van der Waals surface area contributed by atoms with Crippen molar-refractivity contribution in [3.8, 4) is 0 Å². The maximum absolute atomic E-state index is 12.1. The van der Waals surface area contributed by atoms with Crippen LogP contribution in [0.1, 0.15) is 19.3 Å². The van der Waals surface area contributed by atoms with E-state index in [4.69, 9.17) is 0 Å². The van der Waals surface area contributed by atoms with E-state index >= 15 is 0 Å². The van der Waals surface area contributed by atoms with Gasteiger partial charge in [-0.3, -0.25) is 0 Å². The molecule has 6 nitrogen and oxygen atoms in total. The van der Waals surface area contributed by atoms with Gasteiger partial charge in [0, 0.05) is 45.1 Å². The highest BCUT2D eigenvalue weighted by Gasteiger charge is 2.24. The number of amides is 2. The van der Waals surface area contributed by atoms with Crippen LogP contribution in [0.25, 0.3) is 0 Å². The molecule has 0 atom stereocenters. The molecule has 2 heterocycles. The van der Waals surface area contributed by atoms with E-state index in [0.29, 0.717) is 5.92 Å². The van der Waals surface area contributed by atoms with Crippen LogP contribution < -0.4 is 10.2 Å². The van der Waals surface area contributed by atoms with Gasteiger partial charge in [0.25, 0.3) is 0 Å². The van der Waals surface area contributed by atoms with Crippen LogP contribution in [0.5, 0.6) is 0 Å². The molecule has 1 aliphatic carbocycles. The molecular formula is C14H21N5O. The summed E-state index contributed by atoms with van der Waals surface area (Å²) in [6.07, 6.45) is 7.34. The Balaban J connectivity index is 1.44. The maximum Gasteiger partial charge on any atom is 0.317 e. The molecular weight excluding hydrogens is 254 g/mol. The van der Waals surface area contributed by atoms with E-state index in [-0.39, 0.29) is 6.03 Å². The second-order valence-electron chi connectivity index (χ2n) is 5.51. The fraction of sp³-hybridized carbons (Fsp3) is 0.643. The maximum atomic E-state index is 12.1. The number of aromatic nitrogens is 2. The van der Waals surface area contributed by atoms with Crippen LogP contribution in [-0.4, -0.2) is 53.6 Å². The molecule has 6 heteroatoms. The van der Waals surface area contributed by atoms with Gasteiger partial charge in [0.05, 0.1) is 0 Å². The van der Waals surface area contributed by atoms with Crippen molar-refractivity contribution in [2.75, 3.05) is 37.6 Å². The summed E-state index contributed by atoms with van der Waals surface area (Å²) in [7, 11) is 0. The smallest absolute Gasteiger partial charge is 0.317 e. The lowest BCUT2D eigenvalue weighted by Crippen LogP contribution is -2.52. The first kappa shape index (κ1) is 13.1. The Morgan fingerprint density at radius 1 is 1.20 bits per heavy atom. The minimum absolute atomic E-state index is 0.0746. The van der Waals surface area contributed by atoms with Crippen molar-refractivity contribution in [3.63, 3.8) is 0 Å². The number of anilines is 1. The number of urea groups is 1. The highest BCUT2D eigenvalue weighted by Crippen LogP contribution is 2.25. The van der Waals surface area contributed by atoms with Crippen molar-refractivity contribution >= 4 is 12.0 Å². The lowest BCUT2D eigenvalue weighted by atomic mass is 9.85. The van der Waals surface area contributed by atoms with Crippen molar-refractivity contribution < 1.29 is 4.79 Å². The Kier molecular flexibility index (Phi) is 3.99. The third-order valence-electron chi connectivity index (χ3n) is 4.17. The fourth-order valence-electron chi connectivity index (χ4n) is 2.60. The van der Waals surface area contributed by atoms with Gasteiger partial charge in [0.15, 0.2) is 0 Å². The van der Waals surface area contributed by atoms with Crippen molar-refractivity contribution in [3.05, 3.63) is 18.5 Å². The highest BCUT2D eigenvalue weighted by molar-refractivity contribution is 5.74. The number of carbonyl (C=O) groups is 1. The lowest BCUT2D eigenvalue weighted by Gasteiger charge is -2.35. The molecule has 0 aromatic carbocycles. The third-order valence-corrected chi connectivity index (χ3v) is 4.17. The first-order chi connectivity index (χ1) is 9.83. The number of carbonyl (C=O) groups excluding carboxylic acids is 1. The predicted octanol–water partition coefficient (Wildman–Crippen LogP) is 1.11. The summed E-state index contributed by atoms with van der Waals surface area (Å²) < 4.78 is 0. The minimum atomic E-state index is 0.0746. The SMILES string of the molecule is O=C(NCC1CCC1)N1CCN(c2ncccn2)CC1. The first-order valence-corrected chi connectivity index (χ1v) is 7.37. The Morgan fingerprint density at radius 2 is 1.90 bits per heavy atom. The van der Waals surface area contributed by atoms with Crippen molar-refractivity contribution in [2.24, 2.45) is 5.92 Å². The van der Waals surface area contributed by atoms with E-state index in [1.54, 1.807) is 12.4 Å². The Labute approximate surface area is 119 Å². The van der Waals surface area contributed by atoms with Crippen LogP contribution in [-0.2, 0) is 0 Å². The van der Waals surface area contributed by atoms with E-state index in [1.165, 1.54) is 19.3 Å². The molecule has 1 aliphatic heterocycles. The number of nitrogens with zero attached hydrogens (tertiary/aromatic N) is 4. The Morgan fingerprint density at radius 3 is 2.50 bits per heavy atom. The van der Waals surface area contributed by atoms with Crippen molar-refractivity contribution in [1.29, 1.82) is 0 Å². The van der Waals surface area contributed by atoms with E-state index in [0.717, 1.165) is 38.7 Å². The van der Waals surface area contributed by atoms with Gasteiger partial charge in [0.2, 0.25) is 5.95 Å². The molecule has 0 spiro atoms. The highest BCUT2D eigenvalue weighted by atomic mass is 16.2. The average molecular weight is 275 g/mol. The zero-order valence-corrected chi connectivity index (χ0v) is 11.7. The quantitative estimate of drug-likeness (QED) is 0.897. The molecule has 1 aromatic heterocycles. The topological polar surface area (TPSA) is 61.4 Å². The van der Waals surface area contributed by atoms with Crippen LogP contribution in [0.4, 0.5) is 10.7 Å². The molecule has 20 heavy (non-hydrogen) atoms. The second kappa shape index (κ2) is 6.07. The zero-order valence-electron chi connectivity index (χ0n) is 11.7. The van der Waals surface area contributed by atoms with Crippen molar-refractivity contribution in [2.45, 2.75) is 19.3 Å². The van der Waals surface area contributed by atoms with Gasteiger partial charge >= 0.3 is 6.03 Å². The van der Waals surface area contributed by atoms with Crippen LogP contribution in [0.2, 0.25) is 0 Å². The number of rotatable bonds is 3. The van der Waals surface area contributed by atoms with Gasteiger partial charge in [0.1, 0.15) is 0 Å². The molecule has 0 bridgehead atoms. The molecule has 1 aromatic rings.